The molecule has 9 heteroatoms. The average molecular weight is 354 g/mol. The quantitative estimate of drug-likeness (QED) is 0.763. The zero-order valence-corrected chi connectivity index (χ0v) is 15.0. The van der Waals surface area contributed by atoms with Crippen LogP contribution in [0.15, 0.2) is 12.4 Å². The van der Waals surface area contributed by atoms with Crippen LogP contribution in [0.3, 0.4) is 0 Å². The molecule has 2 rings (SSSR count). The van der Waals surface area contributed by atoms with Gasteiger partial charge in [-0.1, -0.05) is 0 Å². The van der Waals surface area contributed by atoms with E-state index in [9.17, 15) is 14.0 Å². The Kier molecular flexibility index (Phi) is 5.44. The first-order valence-electron chi connectivity index (χ1n) is 7.87. The van der Waals surface area contributed by atoms with Crippen LogP contribution in [-0.2, 0) is 9.47 Å². The van der Waals surface area contributed by atoms with Crippen molar-refractivity contribution in [3.63, 3.8) is 0 Å². The molecule has 138 valence electrons. The van der Waals surface area contributed by atoms with Gasteiger partial charge in [0.25, 0.3) is 0 Å². The van der Waals surface area contributed by atoms with E-state index in [0.717, 1.165) is 0 Å². The van der Waals surface area contributed by atoms with E-state index >= 15 is 0 Å². The molecule has 1 fully saturated rings. The number of halogens is 1. The smallest absolute Gasteiger partial charge is 0.410 e. The van der Waals surface area contributed by atoms with Crippen molar-refractivity contribution in [1.29, 1.82) is 0 Å². The Bertz CT molecular complexity index is 632. The fourth-order valence-corrected chi connectivity index (χ4v) is 2.46. The molecular formula is C16H23FN4O4. The molecule has 1 aromatic heterocycles. The monoisotopic (exact) mass is 354 g/mol. The van der Waals surface area contributed by atoms with Crippen LogP contribution in [0.2, 0.25) is 0 Å². The third-order valence-corrected chi connectivity index (χ3v) is 3.76. The lowest BCUT2D eigenvalue weighted by Crippen LogP contribution is -2.45. The molecule has 2 atom stereocenters. The fraction of sp³-hybridized carbons (Fsp3) is 0.625. The number of likely N-dealkylation sites (N-methyl/N-ethyl adjacent to an activating group) is 1. The van der Waals surface area contributed by atoms with Crippen molar-refractivity contribution < 1.29 is 23.5 Å². The highest BCUT2D eigenvalue weighted by Crippen LogP contribution is 2.24. The van der Waals surface area contributed by atoms with E-state index in [0.29, 0.717) is 5.82 Å². The highest BCUT2D eigenvalue weighted by molar-refractivity contribution is 5.86. The zero-order valence-electron chi connectivity index (χ0n) is 15.0. The van der Waals surface area contributed by atoms with E-state index in [2.05, 4.69) is 14.7 Å². The van der Waals surface area contributed by atoms with Gasteiger partial charge in [0.2, 0.25) is 0 Å². The summed E-state index contributed by atoms with van der Waals surface area (Å²) in [5.41, 5.74) is -0.574. The van der Waals surface area contributed by atoms with Gasteiger partial charge >= 0.3 is 12.1 Å². The largest absolute Gasteiger partial charge is 0.464 e. The standard InChI is InChI=1S/C16H23FN4O4/c1-16(2,3)25-15(23)20(4)12-9-21(8-10(12)17)13-7-18-11(6-19-13)14(22)24-5/h6-7,10,12H,8-9H2,1-5H3/t10-,12+/m0/s1. The summed E-state index contributed by atoms with van der Waals surface area (Å²) in [4.78, 5) is 34.5. The van der Waals surface area contributed by atoms with Crippen molar-refractivity contribution in [2.45, 2.75) is 38.6 Å². The molecule has 1 aromatic rings. The highest BCUT2D eigenvalue weighted by Gasteiger charge is 2.39. The van der Waals surface area contributed by atoms with Gasteiger partial charge in [0, 0.05) is 13.6 Å². The van der Waals surface area contributed by atoms with Gasteiger partial charge in [-0.3, -0.25) is 0 Å². The number of ether oxygens (including phenoxy) is 2. The maximum atomic E-state index is 14.4. The number of carbonyl (C=O) groups excluding carboxylic acids is 2. The topological polar surface area (TPSA) is 84.9 Å². The molecule has 0 bridgehead atoms. The van der Waals surface area contributed by atoms with Crippen molar-refractivity contribution >= 4 is 17.9 Å². The summed E-state index contributed by atoms with van der Waals surface area (Å²) in [5.74, 6) is -0.165. The number of esters is 1. The Labute approximate surface area is 145 Å². The molecule has 0 spiro atoms. The first kappa shape index (κ1) is 18.9. The van der Waals surface area contributed by atoms with Gasteiger partial charge < -0.3 is 19.3 Å². The molecule has 1 amide bonds. The molecule has 0 aliphatic carbocycles. The van der Waals surface area contributed by atoms with E-state index in [1.165, 1.54) is 31.5 Å². The summed E-state index contributed by atoms with van der Waals surface area (Å²) in [6.07, 6.45) is 0.836. The van der Waals surface area contributed by atoms with E-state index in [-0.39, 0.29) is 18.8 Å². The summed E-state index contributed by atoms with van der Waals surface area (Å²) in [6, 6.07) is -0.656. The second kappa shape index (κ2) is 7.20. The molecule has 2 heterocycles. The van der Waals surface area contributed by atoms with E-state index < -0.39 is 29.9 Å². The van der Waals surface area contributed by atoms with E-state index in [1.807, 2.05) is 0 Å². The number of nitrogens with zero attached hydrogens (tertiary/aromatic N) is 4. The minimum atomic E-state index is -1.25. The molecule has 0 saturated carbocycles. The minimum absolute atomic E-state index is 0.0735. The number of hydrogen-bond donors (Lipinski definition) is 0. The number of rotatable bonds is 3. The maximum Gasteiger partial charge on any atom is 0.410 e. The van der Waals surface area contributed by atoms with Gasteiger partial charge in [0.05, 0.1) is 32.1 Å². The van der Waals surface area contributed by atoms with Gasteiger partial charge in [-0.2, -0.15) is 0 Å². The van der Waals surface area contributed by atoms with Gasteiger partial charge in [0.1, 0.15) is 17.6 Å². The fourth-order valence-electron chi connectivity index (χ4n) is 2.46. The van der Waals surface area contributed by atoms with Crippen LogP contribution in [-0.4, -0.2) is 72.0 Å². The molecular weight excluding hydrogens is 331 g/mol. The molecule has 25 heavy (non-hydrogen) atoms. The van der Waals surface area contributed by atoms with Crippen LogP contribution in [0, 0.1) is 0 Å². The number of anilines is 1. The van der Waals surface area contributed by atoms with Gasteiger partial charge in [-0.25, -0.2) is 23.9 Å². The molecule has 1 saturated heterocycles. The predicted octanol–water partition coefficient (Wildman–Crippen LogP) is 1.66. The van der Waals surface area contributed by atoms with Crippen molar-refractivity contribution in [2.24, 2.45) is 0 Å². The van der Waals surface area contributed by atoms with Crippen LogP contribution < -0.4 is 4.90 Å². The summed E-state index contributed by atoms with van der Waals surface area (Å²) in [7, 11) is 2.77. The molecule has 0 aromatic carbocycles. The lowest BCUT2D eigenvalue weighted by Gasteiger charge is -2.29. The molecule has 8 nitrogen and oxygen atoms in total. The Morgan fingerprint density at radius 2 is 1.96 bits per heavy atom. The third kappa shape index (κ3) is 4.55. The predicted molar refractivity (Wildman–Crippen MR) is 88.3 cm³/mol. The van der Waals surface area contributed by atoms with E-state index in [1.54, 1.807) is 25.7 Å². The van der Waals surface area contributed by atoms with Crippen molar-refractivity contribution in [2.75, 3.05) is 32.1 Å². The summed E-state index contributed by atoms with van der Waals surface area (Å²) in [6.45, 7) is 5.59. The lowest BCUT2D eigenvalue weighted by atomic mass is 10.2. The second-order valence-corrected chi connectivity index (χ2v) is 6.83. The van der Waals surface area contributed by atoms with Crippen LogP contribution in [0.1, 0.15) is 31.3 Å². The normalized spacial score (nSPS) is 20.3. The van der Waals surface area contributed by atoms with Crippen molar-refractivity contribution in [3.05, 3.63) is 18.1 Å². The third-order valence-electron chi connectivity index (χ3n) is 3.76. The molecule has 0 unspecified atom stereocenters. The molecule has 0 N–H and O–H groups in total. The van der Waals surface area contributed by atoms with Gasteiger partial charge in [-0.05, 0) is 20.8 Å². The number of amides is 1. The average Bonchev–Trinajstić information content (AvgIpc) is 2.93. The summed E-state index contributed by atoms with van der Waals surface area (Å²) in [5, 5.41) is 0. The number of methoxy groups -OCH3 is 1. The molecule has 1 aliphatic heterocycles. The molecule has 0 radical (unpaired) electrons. The van der Waals surface area contributed by atoms with Gasteiger partial charge in [-0.15, -0.1) is 0 Å². The number of hydrogen-bond acceptors (Lipinski definition) is 7. The van der Waals surface area contributed by atoms with Crippen LogP contribution >= 0.6 is 0 Å². The second-order valence-electron chi connectivity index (χ2n) is 6.83. The number of carbonyl (C=O) groups is 2. The van der Waals surface area contributed by atoms with E-state index in [4.69, 9.17) is 4.74 Å². The Morgan fingerprint density at radius 1 is 1.28 bits per heavy atom. The Hall–Kier alpha value is -2.45. The SMILES string of the molecule is COC(=O)c1cnc(N2C[C@@H](N(C)C(=O)OC(C)(C)C)[C@@H](F)C2)cn1. The summed E-state index contributed by atoms with van der Waals surface area (Å²) >= 11 is 0. The van der Waals surface area contributed by atoms with Crippen molar-refractivity contribution in [3.8, 4) is 0 Å². The Morgan fingerprint density at radius 3 is 2.48 bits per heavy atom. The van der Waals surface area contributed by atoms with Crippen LogP contribution in [0.25, 0.3) is 0 Å². The number of alkyl halides is 1. The van der Waals surface area contributed by atoms with Gasteiger partial charge in [0.15, 0.2) is 5.69 Å². The lowest BCUT2D eigenvalue weighted by molar-refractivity contribution is 0.0183. The first-order valence-corrected chi connectivity index (χ1v) is 7.87. The zero-order chi connectivity index (χ0) is 18.8. The van der Waals surface area contributed by atoms with Crippen molar-refractivity contribution in [1.82, 2.24) is 14.9 Å². The maximum absolute atomic E-state index is 14.4. The first-order chi connectivity index (χ1) is 11.6. The summed E-state index contributed by atoms with van der Waals surface area (Å²) < 4.78 is 24.3. The minimum Gasteiger partial charge on any atom is -0.464 e. The Balaban J connectivity index is 2.05. The number of aromatic nitrogens is 2. The van der Waals surface area contributed by atoms with Crippen LogP contribution in [0.5, 0.6) is 0 Å². The van der Waals surface area contributed by atoms with Crippen LogP contribution in [0.4, 0.5) is 15.0 Å². The molecule has 1 aliphatic rings. The highest BCUT2D eigenvalue weighted by atomic mass is 19.1.